The van der Waals surface area contributed by atoms with E-state index in [0.717, 1.165) is 23.4 Å². The number of benzene rings is 1. The molecule has 0 aromatic heterocycles. The van der Waals surface area contributed by atoms with Crippen LogP contribution in [0.4, 0.5) is 5.69 Å². The van der Waals surface area contributed by atoms with E-state index >= 15 is 0 Å². The topological polar surface area (TPSA) is 69.7 Å². The van der Waals surface area contributed by atoms with E-state index in [4.69, 9.17) is 0 Å². The van der Waals surface area contributed by atoms with E-state index < -0.39 is 17.4 Å². The fourth-order valence-corrected chi connectivity index (χ4v) is 5.57. The average molecular weight is 388 g/mol. The number of para-hydroxylation sites is 1. The van der Waals surface area contributed by atoms with Gasteiger partial charge in [-0.2, -0.15) is 11.8 Å². The summed E-state index contributed by atoms with van der Waals surface area (Å²) in [6, 6.07) is 7.19. The van der Waals surface area contributed by atoms with E-state index in [2.05, 4.69) is 5.32 Å². The second-order valence-electron chi connectivity index (χ2n) is 7.87. The van der Waals surface area contributed by atoms with Crippen molar-refractivity contribution in [2.24, 2.45) is 11.8 Å². The number of fused-ring (bicyclic) bond motifs is 4. The van der Waals surface area contributed by atoms with Crippen molar-refractivity contribution in [3.05, 3.63) is 29.8 Å². The Kier molecular flexibility index (Phi) is 4.35. The van der Waals surface area contributed by atoms with Crippen LogP contribution in [0.3, 0.4) is 0 Å². The van der Waals surface area contributed by atoms with Crippen LogP contribution in [0.2, 0.25) is 0 Å². The molecule has 6 nitrogen and oxygen atoms in total. The number of likely N-dealkylation sites (tertiary alicyclic amines) is 1. The van der Waals surface area contributed by atoms with Gasteiger partial charge in [-0.25, -0.2) is 0 Å². The number of hydrogen-bond donors (Lipinski definition) is 1. The van der Waals surface area contributed by atoms with Crippen molar-refractivity contribution in [1.29, 1.82) is 0 Å². The van der Waals surface area contributed by atoms with Crippen LogP contribution >= 0.6 is 11.8 Å². The molecule has 1 N–H and O–H groups in total. The lowest BCUT2D eigenvalue weighted by Gasteiger charge is -2.31. The monoisotopic (exact) mass is 387 g/mol. The minimum Gasteiger partial charge on any atom is -0.313 e. The molecule has 1 aromatic carbocycles. The quantitative estimate of drug-likeness (QED) is 0.795. The Morgan fingerprint density at radius 1 is 1.19 bits per heavy atom. The van der Waals surface area contributed by atoms with E-state index in [1.165, 1.54) is 4.90 Å². The molecule has 4 rings (SSSR count). The van der Waals surface area contributed by atoms with Gasteiger partial charge < -0.3 is 4.90 Å². The fraction of sp³-hybridized carbons (Fsp3) is 0.550. The Bertz CT molecular complexity index is 826. The van der Waals surface area contributed by atoms with E-state index in [-0.39, 0.29) is 29.8 Å². The van der Waals surface area contributed by atoms with Crippen molar-refractivity contribution in [2.45, 2.75) is 37.9 Å². The zero-order valence-electron chi connectivity index (χ0n) is 16.1. The highest BCUT2D eigenvalue weighted by Gasteiger charge is 2.71. The van der Waals surface area contributed by atoms with Crippen molar-refractivity contribution in [2.75, 3.05) is 24.0 Å². The lowest BCUT2D eigenvalue weighted by atomic mass is 9.76. The van der Waals surface area contributed by atoms with Crippen molar-refractivity contribution in [3.63, 3.8) is 0 Å². The Morgan fingerprint density at radius 2 is 1.89 bits per heavy atom. The van der Waals surface area contributed by atoms with Crippen molar-refractivity contribution >= 4 is 35.2 Å². The first-order valence-electron chi connectivity index (χ1n) is 9.37. The number of hydrogen-bond acceptors (Lipinski definition) is 5. The Morgan fingerprint density at radius 3 is 2.56 bits per heavy atom. The molecule has 144 valence electrons. The SMILES string of the molecule is CSCC[C@@H]1N[C@]2(C(=O)N(C)c3ccccc32)[C@@H]2C(=O)N(C(C)C)C(=O)[C@@H]12. The lowest BCUT2D eigenvalue weighted by molar-refractivity contribution is -0.144. The van der Waals surface area contributed by atoms with Crippen LogP contribution in [0.15, 0.2) is 24.3 Å². The molecule has 3 aliphatic rings. The maximum atomic E-state index is 13.5. The molecule has 0 unspecified atom stereocenters. The number of anilines is 1. The summed E-state index contributed by atoms with van der Waals surface area (Å²) >= 11 is 1.70. The molecular weight excluding hydrogens is 362 g/mol. The van der Waals surface area contributed by atoms with Crippen molar-refractivity contribution < 1.29 is 14.4 Å². The van der Waals surface area contributed by atoms with Gasteiger partial charge in [-0.15, -0.1) is 0 Å². The van der Waals surface area contributed by atoms with Gasteiger partial charge in [0.05, 0.1) is 11.8 Å². The number of nitrogens with zero attached hydrogens (tertiary/aromatic N) is 2. The van der Waals surface area contributed by atoms with E-state index in [9.17, 15) is 14.4 Å². The molecule has 4 atom stereocenters. The molecular formula is C20H25N3O3S. The second-order valence-corrected chi connectivity index (χ2v) is 8.85. The first-order chi connectivity index (χ1) is 12.9. The van der Waals surface area contributed by atoms with Gasteiger partial charge in [0.15, 0.2) is 0 Å². The number of nitrogens with one attached hydrogen (secondary N) is 1. The van der Waals surface area contributed by atoms with Gasteiger partial charge in [0.1, 0.15) is 5.54 Å². The Balaban J connectivity index is 1.88. The standard InChI is InChI=1S/C20H25N3O3S/c1-11(2)23-17(24)15-13(9-10-27-4)21-20(16(15)18(23)25)12-7-5-6-8-14(12)22(3)19(20)26/h5-8,11,13,15-16,21H,9-10H2,1-4H3/t13-,15-,16-,20-/m0/s1. The summed E-state index contributed by atoms with van der Waals surface area (Å²) in [6.07, 6.45) is 2.77. The summed E-state index contributed by atoms with van der Waals surface area (Å²) in [4.78, 5) is 43.0. The third-order valence-electron chi connectivity index (χ3n) is 6.18. The molecule has 0 saturated carbocycles. The average Bonchev–Trinajstić information content (AvgIpc) is 3.20. The maximum Gasteiger partial charge on any atom is 0.252 e. The first-order valence-corrected chi connectivity index (χ1v) is 10.8. The summed E-state index contributed by atoms with van der Waals surface area (Å²) in [6.45, 7) is 3.70. The van der Waals surface area contributed by atoms with Crippen LogP contribution in [0, 0.1) is 11.8 Å². The van der Waals surface area contributed by atoms with Crippen LogP contribution in [-0.2, 0) is 19.9 Å². The van der Waals surface area contributed by atoms with Crippen molar-refractivity contribution in [1.82, 2.24) is 10.2 Å². The molecule has 7 heteroatoms. The highest BCUT2D eigenvalue weighted by atomic mass is 32.2. The predicted octanol–water partition coefficient (Wildman–Crippen LogP) is 1.59. The second kappa shape index (κ2) is 6.34. The number of amides is 3. The van der Waals surface area contributed by atoms with Gasteiger partial charge in [-0.3, -0.25) is 24.6 Å². The Labute approximate surface area is 163 Å². The molecule has 3 amide bonds. The number of likely N-dealkylation sites (N-methyl/N-ethyl adjacent to an activating group) is 1. The van der Waals surface area contributed by atoms with Crippen molar-refractivity contribution in [3.8, 4) is 0 Å². The van der Waals surface area contributed by atoms with Crippen LogP contribution in [-0.4, -0.2) is 53.8 Å². The molecule has 2 saturated heterocycles. The number of carbonyl (C=O) groups is 3. The van der Waals surface area contributed by atoms with E-state index in [1.807, 2.05) is 44.4 Å². The number of carbonyl (C=O) groups excluding carboxylic acids is 3. The molecule has 0 radical (unpaired) electrons. The normalized spacial score (nSPS) is 32.2. The summed E-state index contributed by atoms with van der Waals surface area (Å²) in [5, 5.41) is 3.49. The van der Waals surface area contributed by atoms with Crippen LogP contribution < -0.4 is 10.2 Å². The highest BCUT2D eigenvalue weighted by molar-refractivity contribution is 7.98. The molecule has 2 fully saturated rings. The van der Waals surface area contributed by atoms with E-state index in [1.54, 1.807) is 23.7 Å². The molecule has 1 aromatic rings. The van der Waals surface area contributed by atoms with Crippen LogP contribution in [0.1, 0.15) is 25.8 Å². The minimum absolute atomic E-state index is 0.142. The summed E-state index contributed by atoms with van der Waals surface area (Å²) in [7, 11) is 1.74. The van der Waals surface area contributed by atoms with Gasteiger partial charge >= 0.3 is 0 Å². The fourth-order valence-electron chi connectivity index (χ4n) is 5.08. The van der Waals surface area contributed by atoms with Gasteiger partial charge in [-0.05, 0) is 38.3 Å². The largest absolute Gasteiger partial charge is 0.313 e. The zero-order valence-corrected chi connectivity index (χ0v) is 16.9. The third-order valence-corrected chi connectivity index (χ3v) is 6.82. The maximum absolute atomic E-state index is 13.5. The number of imide groups is 1. The van der Waals surface area contributed by atoms with E-state index in [0.29, 0.717) is 0 Å². The molecule has 3 heterocycles. The predicted molar refractivity (Wildman–Crippen MR) is 105 cm³/mol. The van der Waals surface area contributed by atoms with Gasteiger partial charge in [-0.1, -0.05) is 18.2 Å². The van der Waals surface area contributed by atoms with Gasteiger partial charge in [0, 0.05) is 30.4 Å². The lowest BCUT2D eigenvalue weighted by Crippen LogP contribution is -2.55. The minimum atomic E-state index is -1.14. The molecule has 0 aliphatic carbocycles. The third kappa shape index (κ3) is 2.27. The summed E-state index contributed by atoms with van der Waals surface area (Å²) < 4.78 is 0. The number of thioether (sulfide) groups is 1. The molecule has 1 spiro atoms. The first kappa shape index (κ1) is 18.5. The summed E-state index contributed by atoms with van der Waals surface area (Å²) in [5.74, 6) is -0.815. The van der Waals surface area contributed by atoms with Gasteiger partial charge in [0.2, 0.25) is 11.8 Å². The molecule has 0 bridgehead atoms. The highest BCUT2D eigenvalue weighted by Crippen LogP contribution is 2.54. The summed E-state index contributed by atoms with van der Waals surface area (Å²) in [5.41, 5.74) is 0.476. The van der Waals surface area contributed by atoms with Crippen LogP contribution in [0.5, 0.6) is 0 Å². The molecule has 27 heavy (non-hydrogen) atoms. The molecule has 3 aliphatic heterocycles. The Hall–Kier alpha value is -1.86. The van der Waals surface area contributed by atoms with Crippen LogP contribution in [0.25, 0.3) is 0 Å². The zero-order chi connectivity index (χ0) is 19.5. The van der Waals surface area contributed by atoms with Gasteiger partial charge in [0.25, 0.3) is 5.91 Å². The smallest absolute Gasteiger partial charge is 0.252 e. The number of rotatable bonds is 4.